The maximum Gasteiger partial charge on any atom is 0.335 e. The third-order valence-electron chi connectivity index (χ3n) is 5.56. The molecule has 4 aromatic rings. The standard InChI is InChI=1S/C25H23N3O4S/c1-16-12-21(25(29)30)9-11-24(16)28-17(2)13-22(18(28)3)15-26-27-33(31,32)23-10-8-19-6-4-5-7-20(19)14-23/h4-15,27H,1-3H3,(H,29,30)/b26-15+. The number of carbonyl (C=O) groups is 1. The zero-order chi connectivity index (χ0) is 23.8. The van der Waals surface area contributed by atoms with Crippen LogP contribution < -0.4 is 4.83 Å². The Kier molecular flexibility index (Phi) is 5.78. The number of carboxylic acids is 1. The van der Waals surface area contributed by atoms with Gasteiger partial charge in [0, 0.05) is 22.6 Å². The number of aryl methyl sites for hydroxylation is 2. The van der Waals surface area contributed by atoms with Gasteiger partial charge in [0.05, 0.1) is 16.7 Å². The van der Waals surface area contributed by atoms with E-state index in [0.717, 1.165) is 39.0 Å². The number of aromatic carboxylic acids is 1. The summed E-state index contributed by atoms with van der Waals surface area (Å²) in [6.45, 7) is 5.68. The quantitative estimate of drug-likeness (QED) is 0.324. The minimum absolute atomic E-state index is 0.137. The maximum atomic E-state index is 12.7. The number of sulfonamides is 1. The van der Waals surface area contributed by atoms with E-state index in [0.29, 0.717) is 0 Å². The van der Waals surface area contributed by atoms with Crippen LogP contribution in [0.4, 0.5) is 0 Å². The van der Waals surface area contributed by atoms with Crippen molar-refractivity contribution in [3.63, 3.8) is 0 Å². The molecular weight excluding hydrogens is 438 g/mol. The summed E-state index contributed by atoms with van der Waals surface area (Å²) in [4.78, 5) is 13.6. The Morgan fingerprint density at radius 2 is 1.70 bits per heavy atom. The van der Waals surface area contributed by atoms with Gasteiger partial charge in [0.25, 0.3) is 10.0 Å². The number of benzene rings is 3. The summed E-state index contributed by atoms with van der Waals surface area (Å²) in [6, 6.07) is 19.3. The fraction of sp³-hybridized carbons (Fsp3) is 0.120. The smallest absolute Gasteiger partial charge is 0.335 e. The lowest BCUT2D eigenvalue weighted by molar-refractivity contribution is 0.0696. The van der Waals surface area contributed by atoms with E-state index < -0.39 is 16.0 Å². The number of hydrogen-bond acceptors (Lipinski definition) is 4. The number of nitrogens with one attached hydrogen (secondary N) is 1. The van der Waals surface area contributed by atoms with Crippen molar-refractivity contribution < 1.29 is 18.3 Å². The van der Waals surface area contributed by atoms with Gasteiger partial charge >= 0.3 is 5.97 Å². The van der Waals surface area contributed by atoms with Gasteiger partial charge in [-0.2, -0.15) is 13.5 Å². The van der Waals surface area contributed by atoms with Gasteiger partial charge in [-0.3, -0.25) is 0 Å². The molecule has 33 heavy (non-hydrogen) atoms. The third kappa shape index (κ3) is 4.38. The first-order chi connectivity index (χ1) is 15.7. The summed E-state index contributed by atoms with van der Waals surface area (Å²) in [7, 11) is -3.82. The number of rotatable bonds is 6. The fourth-order valence-electron chi connectivity index (χ4n) is 3.88. The van der Waals surface area contributed by atoms with Gasteiger partial charge in [0.2, 0.25) is 0 Å². The van der Waals surface area contributed by atoms with E-state index in [4.69, 9.17) is 0 Å². The molecule has 0 spiro atoms. The van der Waals surface area contributed by atoms with Gasteiger partial charge < -0.3 is 9.67 Å². The molecular formula is C25H23N3O4S. The van der Waals surface area contributed by atoms with E-state index >= 15 is 0 Å². The van der Waals surface area contributed by atoms with Crippen molar-refractivity contribution in [3.8, 4) is 5.69 Å². The van der Waals surface area contributed by atoms with Crippen LogP contribution in [0.5, 0.6) is 0 Å². The lowest BCUT2D eigenvalue weighted by atomic mass is 10.1. The summed E-state index contributed by atoms with van der Waals surface area (Å²) in [5.41, 5.74) is 4.41. The monoisotopic (exact) mass is 461 g/mol. The number of fused-ring (bicyclic) bond motifs is 1. The summed E-state index contributed by atoms with van der Waals surface area (Å²) >= 11 is 0. The largest absolute Gasteiger partial charge is 0.478 e. The van der Waals surface area contributed by atoms with E-state index in [-0.39, 0.29) is 10.5 Å². The van der Waals surface area contributed by atoms with Crippen molar-refractivity contribution in [2.45, 2.75) is 25.7 Å². The van der Waals surface area contributed by atoms with E-state index in [1.807, 2.05) is 55.7 Å². The predicted molar refractivity (Wildman–Crippen MR) is 129 cm³/mol. The van der Waals surface area contributed by atoms with Crippen molar-refractivity contribution in [1.29, 1.82) is 0 Å². The van der Waals surface area contributed by atoms with E-state index in [9.17, 15) is 18.3 Å². The molecule has 0 amide bonds. The van der Waals surface area contributed by atoms with Crippen LogP contribution in [0.3, 0.4) is 0 Å². The summed E-state index contributed by atoms with van der Waals surface area (Å²) in [6.07, 6.45) is 1.47. The highest BCUT2D eigenvalue weighted by Crippen LogP contribution is 2.24. The lowest BCUT2D eigenvalue weighted by Gasteiger charge is -2.13. The number of aromatic nitrogens is 1. The molecule has 0 saturated carbocycles. The van der Waals surface area contributed by atoms with Gasteiger partial charge in [0.1, 0.15) is 0 Å². The summed E-state index contributed by atoms with van der Waals surface area (Å²) in [5.74, 6) is -0.975. The predicted octanol–water partition coefficient (Wildman–Crippen LogP) is 4.57. The van der Waals surface area contributed by atoms with Crippen LogP contribution >= 0.6 is 0 Å². The van der Waals surface area contributed by atoms with Crippen molar-refractivity contribution in [1.82, 2.24) is 9.40 Å². The number of hydrogen-bond donors (Lipinski definition) is 2. The molecule has 8 heteroatoms. The van der Waals surface area contributed by atoms with E-state index in [2.05, 4.69) is 9.93 Å². The second-order valence-corrected chi connectivity index (χ2v) is 9.49. The van der Waals surface area contributed by atoms with Crippen LogP contribution in [0.15, 0.2) is 76.7 Å². The molecule has 0 aliphatic carbocycles. The summed E-state index contributed by atoms with van der Waals surface area (Å²) < 4.78 is 27.4. The van der Waals surface area contributed by atoms with Crippen LogP contribution in [-0.2, 0) is 10.0 Å². The van der Waals surface area contributed by atoms with E-state index in [1.54, 1.807) is 36.4 Å². The molecule has 1 aromatic heterocycles. The van der Waals surface area contributed by atoms with Crippen molar-refractivity contribution >= 4 is 33.0 Å². The highest BCUT2D eigenvalue weighted by Gasteiger charge is 2.15. The van der Waals surface area contributed by atoms with Crippen LogP contribution in [0.25, 0.3) is 16.5 Å². The molecule has 1 heterocycles. The van der Waals surface area contributed by atoms with Gasteiger partial charge in [-0.1, -0.05) is 30.3 Å². The van der Waals surface area contributed by atoms with Crippen molar-refractivity contribution in [2.75, 3.05) is 0 Å². The number of carboxylic acid groups (broad SMARTS) is 1. The average molecular weight is 462 g/mol. The first-order valence-electron chi connectivity index (χ1n) is 10.2. The number of hydrazone groups is 1. The molecule has 0 aliphatic heterocycles. The Bertz CT molecular complexity index is 1520. The molecule has 0 aliphatic rings. The normalized spacial score (nSPS) is 11.8. The zero-order valence-electron chi connectivity index (χ0n) is 18.4. The van der Waals surface area contributed by atoms with Gasteiger partial charge in [0.15, 0.2) is 0 Å². The Hall–Kier alpha value is -3.91. The Balaban J connectivity index is 1.59. The molecule has 0 radical (unpaired) electrons. The molecule has 0 atom stereocenters. The molecule has 0 unspecified atom stereocenters. The first-order valence-corrected chi connectivity index (χ1v) is 11.7. The lowest BCUT2D eigenvalue weighted by Crippen LogP contribution is -2.18. The van der Waals surface area contributed by atoms with Crippen molar-refractivity contribution in [2.24, 2.45) is 5.10 Å². The second kappa shape index (κ2) is 8.55. The molecule has 3 aromatic carbocycles. The minimum atomic E-state index is -3.82. The van der Waals surface area contributed by atoms with Crippen LogP contribution in [0.1, 0.15) is 32.9 Å². The zero-order valence-corrected chi connectivity index (χ0v) is 19.2. The minimum Gasteiger partial charge on any atom is -0.478 e. The molecule has 168 valence electrons. The van der Waals surface area contributed by atoms with Crippen LogP contribution in [0, 0.1) is 20.8 Å². The second-order valence-electron chi connectivity index (χ2n) is 7.83. The molecule has 7 nitrogen and oxygen atoms in total. The molecule has 2 N–H and O–H groups in total. The Labute approximate surface area is 192 Å². The molecule has 0 bridgehead atoms. The average Bonchev–Trinajstić information content (AvgIpc) is 3.06. The maximum absolute atomic E-state index is 12.7. The highest BCUT2D eigenvalue weighted by atomic mass is 32.2. The molecule has 4 rings (SSSR count). The topological polar surface area (TPSA) is 101 Å². The molecule has 0 saturated heterocycles. The fourth-order valence-corrected chi connectivity index (χ4v) is 4.71. The highest BCUT2D eigenvalue weighted by molar-refractivity contribution is 7.89. The third-order valence-corrected chi connectivity index (χ3v) is 6.78. The van der Waals surface area contributed by atoms with Gasteiger partial charge in [-0.05, 0) is 73.5 Å². The van der Waals surface area contributed by atoms with Crippen LogP contribution in [0.2, 0.25) is 0 Å². The molecule has 0 fully saturated rings. The summed E-state index contributed by atoms with van der Waals surface area (Å²) in [5, 5.41) is 15.0. The Morgan fingerprint density at radius 1 is 0.970 bits per heavy atom. The van der Waals surface area contributed by atoms with Crippen LogP contribution in [-0.4, -0.2) is 30.3 Å². The SMILES string of the molecule is Cc1cc(C(=O)O)ccc1-n1c(C)cc(/C=N/NS(=O)(=O)c2ccc3ccccc3c2)c1C. The van der Waals surface area contributed by atoms with Gasteiger partial charge in [-0.15, -0.1) is 0 Å². The number of nitrogens with zero attached hydrogens (tertiary/aromatic N) is 2. The first kappa shape index (κ1) is 22.3. The Morgan fingerprint density at radius 3 is 2.39 bits per heavy atom. The van der Waals surface area contributed by atoms with E-state index in [1.165, 1.54) is 6.21 Å². The van der Waals surface area contributed by atoms with Gasteiger partial charge in [-0.25, -0.2) is 9.63 Å². The van der Waals surface area contributed by atoms with Crippen molar-refractivity contribution in [3.05, 3.63) is 94.8 Å².